The summed E-state index contributed by atoms with van der Waals surface area (Å²) in [6, 6.07) is 2.20. The lowest BCUT2D eigenvalue weighted by atomic mass is 9.93. The zero-order valence-corrected chi connectivity index (χ0v) is 13.5. The Kier molecular flexibility index (Phi) is 5.67. The van der Waals surface area contributed by atoms with Gasteiger partial charge in [0.25, 0.3) is 0 Å². The molecule has 2 rings (SSSR count). The van der Waals surface area contributed by atoms with E-state index in [0.29, 0.717) is 11.8 Å². The van der Waals surface area contributed by atoms with Gasteiger partial charge in [-0.3, -0.25) is 0 Å². The van der Waals surface area contributed by atoms with Gasteiger partial charge < -0.3 is 10.1 Å². The summed E-state index contributed by atoms with van der Waals surface area (Å²) in [5.41, 5.74) is 0. The fourth-order valence-corrected chi connectivity index (χ4v) is 3.99. The van der Waals surface area contributed by atoms with Crippen molar-refractivity contribution in [1.82, 2.24) is 5.32 Å². The predicted octanol–water partition coefficient (Wildman–Crippen LogP) is 4.22. The Morgan fingerprint density at radius 1 is 1.56 bits per heavy atom. The van der Waals surface area contributed by atoms with E-state index >= 15 is 0 Å². The predicted molar refractivity (Wildman–Crippen MR) is 81.1 cm³/mol. The van der Waals surface area contributed by atoms with Crippen LogP contribution in [-0.4, -0.2) is 19.7 Å². The number of ether oxygens (including phenoxy) is 1. The molecule has 1 N–H and O–H groups in total. The van der Waals surface area contributed by atoms with Crippen LogP contribution in [0.25, 0.3) is 0 Å². The summed E-state index contributed by atoms with van der Waals surface area (Å²) in [5.74, 6) is 1.33. The zero-order valence-electron chi connectivity index (χ0n) is 11.1. The normalized spacial score (nSPS) is 24.7. The summed E-state index contributed by atoms with van der Waals surface area (Å²) in [5, 5.41) is 5.72. The van der Waals surface area contributed by atoms with E-state index in [1.807, 2.05) is 0 Å². The highest BCUT2D eigenvalue weighted by molar-refractivity contribution is 9.10. The van der Waals surface area contributed by atoms with Gasteiger partial charge >= 0.3 is 0 Å². The largest absolute Gasteiger partial charge is 0.372 e. The van der Waals surface area contributed by atoms with Crippen LogP contribution in [0.15, 0.2) is 15.9 Å². The molecule has 0 aromatic carbocycles. The van der Waals surface area contributed by atoms with Gasteiger partial charge in [-0.1, -0.05) is 13.8 Å². The molecule has 0 radical (unpaired) electrons. The van der Waals surface area contributed by atoms with Gasteiger partial charge in [0.1, 0.15) is 0 Å². The molecule has 0 amide bonds. The molecule has 1 aliphatic heterocycles. The van der Waals surface area contributed by atoms with E-state index < -0.39 is 0 Å². The highest BCUT2D eigenvalue weighted by atomic mass is 79.9. The highest BCUT2D eigenvalue weighted by Crippen LogP contribution is 2.37. The number of nitrogens with one attached hydrogen (secondary N) is 1. The lowest BCUT2D eigenvalue weighted by molar-refractivity contribution is -0.0257. The second kappa shape index (κ2) is 7.04. The fraction of sp³-hybridized carbons (Fsp3) is 0.714. The Morgan fingerprint density at radius 3 is 3.06 bits per heavy atom. The van der Waals surface area contributed by atoms with E-state index in [2.05, 4.69) is 46.5 Å². The maximum atomic E-state index is 6.00. The third kappa shape index (κ3) is 4.05. The van der Waals surface area contributed by atoms with Gasteiger partial charge in [-0.25, -0.2) is 0 Å². The van der Waals surface area contributed by atoms with Crippen molar-refractivity contribution in [3.8, 4) is 0 Å². The molecule has 1 fully saturated rings. The molecule has 2 heterocycles. The second-order valence-electron chi connectivity index (χ2n) is 5.41. The van der Waals surface area contributed by atoms with Gasteiger partial charge in [0.05, 0.1) is 6.10 Å². The van der Waals surface area contributed by atoms with Gasteiger partial charge in [0.2, 0.25) is 0 Å². The van der Waals surface area contributed by atoms with Crippen molar-refractivity contribution in [3.63, 3.8) is 0 Å². The standard InChI is InChI=1S/C14H22BrNOS/c1-10(2)7-16-8-11-4-3-5-17-14(11)13-6-12(15)9-18-13/h6,9-11,14,16H,3-5,7-8H2,1-2H3. The minimum Gasteiger partial charge on any atom is -0.372 e. The van der Waals surface area contributed by atoms with Crippen molar-refractivity contribution in [1.29, 1.82) is 0 Å². The van der Waals surface area contributed by atoms with Crippen LogP contribution in [-0.2, 0) is 4.74 Å². The van der Waals surface area contributed by atoms with Gasteiger partial charge in [-0.2, -0.15) is 0 Å². The molecule has 0 bridgehead atoms. The molecular weight excluding hydrogens is 310 g/mol. The van der Waals surface area contributed by atoms with Crippen LogP contribution in [0, 0.1) is 11.8 Å². The first-order chi connectivity index (χ1) is 8.66. The monoisotopic (exact) mass is 331 g/mol. The molecule has 102 valence electrons. The molecule has 0 spiro atoms. The van der Waals surface area contributed by atoms with Crippen LogP contribution in [0.1, 0.15) is 37.7 Å². The molecule has 1 aliphatic rings. The fourth-order valence-electron chi connectivity index (χ4n) is 2.40. The van der Waals surface area contributed by atoms with Gasteiger partial charge in [-0.15, -0.1) is 11.3 Å². The first-order valence-corrected chi connectivity index (χ1v) is 8.40. The lowest BCUT2D eigenvalue weighted by Crippen LogP contribution is -2.33. The van der Waals surface area contributed by atoms with E-state index in [-0.39, 0.29) is 6.10 Å². The van der Waals surface area contributed by atoms with Crippen LogP contribution < -0.4 is 5.32 Å². The van der Waals surface area contributed by atoms with Crippen LogP contribution in [0.5, 0.6) is 0 Å². The number of thiophene rings is 1. The molecule has 0 aliphatic carbocycles. The van der Waals surface area contributed by atoms with E-state index in [1.165, 1.54) is 22.2 Å². The van der Waals surface area contributed by atoms with E-state index in [0.717, 1.165) is 19.7 Å². The minimum absolute atomic E-state index is 0.287. The van der Waals surface area contributed by atoms with Crippen molar-refractivity contribution in [3.05, 3.63) is 20.8 Å². The summed E-state index contributed by atoms with van der Waals surface area (Å²) >= 11 is 5.33. The number of hydrogen-bond donors (Lipinski definition) is 1. The quantitative estimate of drug-likeness (QED) is 0.871. The summed E-state index contributed by atoms with van der Waals surface area (Å²) in [6.07, 6.45) is 2.75. The number of hydrogen-bond acceptors (Lipinski definition) is 3. The molecule has 1 aromatic heterocycles. The number of rotatable bonds is 5. The summed E-state index contributed by atoms with van der Waals surface area (Å²) in [6.45, 7) is 7.56. The summed E-state index contributed by atoms with van der Waals surface area (Å²) < 4.78 is 7.17. The van der Waals surface area contributed by atoms with Crippen LogP contribution in [0.3, 0.4) is 0 Å². The zero-order chi connectivity index (χ0) is 13.0. The Labute approximate surface area is 122 Å². The Bertz CT molecular complexity index is 366. The van der Waals surface area contributed by atoms with Gasteiger partial charge in [0.15, 0.2) is 0 Å². The maximum Gasteiger partial charge on any atom is 0.0957 e. The average Bonchev–Trinajstić information content (AvgIpc) is 2.76. The van der Waals surface area contributed by atoms with Gasteiger partial charge in [0, 0.05) is 33.8 Å². The summed E-state index contributed by atoms with van der Waals surface area (Å²) in [4.78, 5) is 1.36. The molecule has 1 saturated heterocycles. The molecule has 2 nitrogen and oxygen atoms in total. The van der Waals surface area contributed by atoms with Crippen LogP contribution >= 0.6 is 27.3 Å². The van der Waals surface area contributed by atoms with Gasteiger partial charge in [-0.05, 0) is 47.3 Å². The van der Waals surface area contributed by atoms with E-state index in [9.17, 15) is 0 Å². The third-order valence-electron chi connectivity index (χ3n) is 3.27. The van der Waals surface area contributed by atoms with Crippen molar-refractivity contribution in [2.24, 2.45) is 11.8 Å². The summed E-state index contributed by atoms with van der Waals surface area (Å²) in [7, 11) is 0. The van der Waals surface area contributed by atoms with Crippen molar-refractivity contribution in [2.45, 2.75) is 32.8 Å². The SMILES string of the molecule is CC(C)CNCC1CCCOC1c1cc(Br)cs1. The molecular formula is C14H22BrNOS. The molecule has 18 heavy (non-hydrogen) atoms. The van der Waals surface area contributed by atoms with E-state index in [4.69, 9.17) is 4.74 Å². The minimum atomic E-state index is 0.287. The molecule has 0 saturated carbocycles. The Balaban J connectivity index is 1.93. The first-order valence-electron chi connectivity index (χ1n) is 6.73. The van der Waals surface area contributed by atoms with Crippen LogP contribution in [0.2, 0.25) is 0 Å². The molecule has 4 heteroatoms. The average molecular weight is 332 g/mol. The Morgan fingerprint density at radius 2 is 2.39 bits per heavy atom. The van der Waals surface area contributed by atoms with Crippen LogP contribution in [0.4, 0.5) is 0 Å². The highest BCUT2D eigenvalue weighted by Gasteiger charge is 2.28. The molecule has 2 unspecified atom stereocenters. The van der Waals surface area contributed by atoms with E-state index in [1.54, 1.807) is 11.3 Å². The first kappa shape index (κ1) is 14.5. The lowest BCUT2D eigenvalue weighted by Gasteiger charge is -2.31. The smallest absolute Gasteiger partial charge is 0.0957 e. The topological polar surface area (TPSA) is 21.3 Å². The third-order valence-corrected chi connectivity index (χ3v) is 5.03. The Hall–Kier alpha value is 0.1000. The second-order valence-corrected chi connectivity index (χ2v) is 7.27. The molecule has 2 atom stereocenters. The molecule has 1 aromatic rings. The number of halogens is 1. The maximum absolute atomic E-state index is 6.00. The van der Waals surface area contributed by atoms with Crippen molar-refractivity contribution in [2.75, 3.05) is 19.7 Å². The van der Waals surface area contributed by atoms with Crippen molar-refractivity contribution >= 4 is 27.3 Å². The van der Waals surface area contributed by atoms with Crippen molar-refractivity contribution < 1.29 is 4.74 Å².